The number of halogens is 2. The number of hydrogen-bond donors (Lipinski definition) is 1. The molecule has 0 aliphatic carbocycles. The van der Waals surface area contributed by atoms with Gasteiger partial charge < -0.3 is 5.32 Å². The summed E-state index contributed by atoms with van der Waals surface area (Å²) in [6.45, 7) is 3.91. The van der Waals surface area contributed by atoms with E-state index < -0.39 is 11.6 Å². The Balaban J connectivity index is 2.45. The zero-order chi connectivity index (χ0) is 12.8. The predicted octanol–water partition coefficient (Wildman–Crippen LogP) is 2.81. The Bertz CT molecular complexity index is 393. The van der Waals surface area contributed by atoms with Gasteiger partial charge in [-0.1, -0.05) is 13.0 Å². The van der Waals surface area contributed by atoms with Crippen molar-refractivity contribution in [3.63, 3.8) is 0 Å². The summed E-state index contributed by atoms with van der Waals surface area (Å²) in [6.07, 6.45) is 1.58. The summed E-state index contributed by atoms with van der Waals surface area (Å²) in [5, 5.41) is 2.82. The second-order valence-corrected chi connectivity index (χ2v) is 4.13. The molecule has 0 aliphatic heterocycles. The first kappa shape index (κ1) is 13.6. The van der Waals surface area contributed by atoms with Crippen molar-refractivity contribution in [3.8, 4) is 0 Å². The smallest absolute Gasteiger partial charge is 0.220 e. The van der Waals surface area contributed by atoms with Crippen molar-refractivity contribution >= 4 is 5.91 Å². The molecule has 1 rings (SSSR count). The van der Waals surface area contributed by atoms with E-state index in [0.717, 1.165) is 18.6 Å². The third-order valence-corrected chi connectivity index (χ3v) is 2.64. The van der Waals surface area contributed by atoms with E-state index in [1.54, 1.807) is 0 Å². The van der Waals surface area contributed by atoms with E-state index in [1.807, 2.05) is 13.8 Å². The monoisotopic (exact) mass is 241 g/mol. The molecule has 0 heterocycles. The highest BCUT2D eigenvalue weighted by atomic mass is 19.2. The Hall–Kier alpha value is -1.45. The number of carbonyl (C=O) groups excluding carboxylic acids is 1. The molecule has 0 saturated carbocycles. The van der Waals surface area contributed by atoms with Crippen LogP contribution < -0.4 is 5.32 Å². The lowest BCUT2D eigenvalue weighted by molar-refractivity contribution is -0.121. The molecule has 1 amide bonds. The minimum atomic E-state index is -0.871. The Kier molecular flexibility index (Phi) is 5.07. The molecular weight excluding hydrogens is 224 g/mol. The quantitative estimate of drug-likeness (QED) is 0.843. The van der Waals surface area contributed by atoms with Crippen LogP contribution in [0.25, 0.3) is 0 Å². The van der Waals surface area contributed by atoms with Crippen molar-refractivity contribution in [1.29, 1.82) is 0 Å². The van der Waals surface area contributed by atoms with E-state index >= 15 is 0 Å². The molecule has 94 valence electrons. The van der Waals surface area contributed by atoms with Crippen LogP contribution in [-0.2, 0) is 11.2 Å². The molecule has 4 heteroatoms. The maximum absolute atomic E-state index is 12.9. The summed E-state index contributed by atoms with van der Waals surface area (Å²) in [5.41, 5.74) is 0.628. The van der Waals surface area contributed by atoms with Gasteiger partial charge in [0.15, 0.2) is 11.6 Å². The van der Waals surface area contributed by atoms with Crippen LogP contribution in [0.4, 0.5) is 8.78 Å². The number of aryl methyl sites for hydroxylation is 1. The fraction of sp³-hybridized carbons (Fsp3) is 0.462. The molecule has 0 spiro atoms. The Morgan fingerprint density at radius 2 is 2.06 bits per heavy atom. The van der Waals surface area contributed by atoms with Crippen molar-refractivity contribution in [2.24, 2.45) is 0 Å². The number of rotatable bonds is 5. The van der Waals surface area contributed by atoms with E-state index in [4.69, 9.17) is 0 Å². The minimum Gasteiger partial charge on any atom is -0.354 e. The summed E-state index contributed by atoms with van der Waals surface area (Å²) in [5.74, 6) is -1.80. The molecule has 0 bridgehead atoms. The van der Waals surface area contributed by atoms with Crippen molar-refractivity contribution in [2.75, 3.05) is 0 Å². The van der Waals surface area contributed by atoms with Crippen molar-refractivity contribution in [1.82, 2.24) is 5.32 Å². The topological polar surface area (TPSA) is 29.1 Å². The van der Waals surface area contributed by atoms with Gasteiger partial charge in [-0.3, -0.25) is 4.79 Å². The summed E-state index contributed by atoms with van der Waals surface area (Å²) in [4.78, 5) is 11.5. The van der Waals surface area contributed by atoms with Crippen LogP contribution in [0.3, 0.4) is 0 Å². The summed E-state index contributed by atoms with van der Waals surface area (Å²) < 4.78 is 25.6. The molecule has 0 radical (unpaired) electrons. The Morgan fingerprint density at radius 1 is 1.35 bits per heavy atom. The van der Waals surface area contributed by atoms with Gasteiger partial charge in [-0.15, -0.1) is 0 Å². The van der Waals surface area contributed by atoms with Crippen LogP contribution in [0.5, 0.6) is 0 Å². The second-order valence-electron chi connectivity index (χ2n) is 4.13. The van der Waals surface area contributed by atoms with Gasteiger partial charge in [-0.2, -0.15) is 0 Å². The first-order valence-electron chi connectivity index (χ1n) is 5.76. The van der Waals surface area contributed by atoms with Crippen LogP contribution in [-0.4, -0.2) is 11.9 Å². The molecule has 1 atom stereocenters. The summed E-state index contributed by atoms with van der Waals surface area (Å²) in [6, 6.07) is 3.85. The first-order chi connectivity index (χ1) is 8.02. The average Bonchev–Trinajstić information content (AvgIpc) is 2.30. The van der Waals surface area contributed by atoms with Crippen LogP contribution in [0.2, 0.25) is 0 Å². The number of benzene rings is 1. The Labute approximate surface area is 100 Å². The zero-order valence-electron chi connectivity index (χ0n) is 10.1. The predicted molar refractivity (Wildman–Crippen MR) is 62.6 cm³/mol. The highest BCUT2D eigenvalue weighted by Crippen LogP contribution is 2.10. The normalized spacial score (nSPS) is 12.2. The molecule has 0 aromatic heterocycles. The molecular formula is C13H17F2NO. The fourth-order valence-corrected chi connectivity index (χ4v) is 1.40. The summed E-state index contributed by atoms with van der Waals surface area (Å²) >= 11 is 0. The van der Waals surface area contributed by atoms with Crippen molar-refractivity contribution in [2.45, 2.75) is 39.2 Å². The standard InChI is InChI=1S/C13H17F2NO/c1-3-9(2)16-13(17)7-5-10-4-6-11(14)12(15)8-10/h4,6,8-9H,3,5,7H2,1-2H3,(H,16,17). The van der Waals surface area contributed by atoms with Crippen LogP contribution in [0.15, 0.2) is 18.2 Å². The van der Waals surface area contributed by atoms with Crippen molar-refractivity contribution in [3.05, 3.63) is 35.4 Å². The molecule has 0 fully saturated rings. The SMILES string of the molecule is CCC(C)NC(=O)CCc1ccc(F)c(F)c1. The maximum atomic E-state index is 12.9. The molecule has 1 unspecified atom stereocenters. The van der Waals surface area contributed by atoms with Crippen molar-refractivity contribution < 1.29 is 13.6 Å². The molecule has 0 aliphatic rings. The van der Waals surface area contributed by atoms with Gasteiger partial charge in [-0.05, 0) is 37.5 Å². The van der Waals surface area contributed by atoms with Gasteiger partial charge in [0.2, 0.25) is 5.91 Å². The van der Waals surface area contributed by atoms with Gasteiger partial charge in [0.25, 0.3) is 0 Å². The third kappa shape index (κ3) is 4.51. The molecule has 1 aromatic rings. The van der Waals surface area contributed by atoms with Gasteiger partial charge in [0.1, 0.15) is 0 Å². The average molecular weight is 241 g/mol. The molecule has 1 aromatic carbocycles. The van der Waals surface area contributed by atoms with E-state index in [9.17, 15) is 13.6 Å². The lowest BCUT2D eigenvalue weighted by atomic mass is 10.1. The maximum Gasteiger partial charge on any atom is 0.220 e. The van der Waals surface area contributed by atoms with Gasteiger partial charge in [0.05, 0.1) is 0 Å². The minimum absolute atomic E-state index is 0.0657. The lowest BCUT2D eigenvalue weighted by Crippen LogP contribution is -2.32. The van der Waals surface area contributed by atoms with Gasteiger partial charge in [-0.25, -0.2) is 8.78 Å². The Morgan fingerprint density at radius 3 is 2.65 bits per heavy atom. The zero-order valence-corrected chi connectivity index (χ0v) is 10.1. The van der Waals surface area contributed by atoms with Crippen LogP contribution in [0.1, 0.15) is 32.3 Å². The van der Waals surface area contributed by atoms with E-state index in [1.165, 1.54) is 6.07 Å². The van der Waals surface area contributed by atoms with E-state index in [-0.39, 0.29) is 18.4 Å². The number of hydrogen-bond acceptors (Lipinski definition) is 1. The largest absolute Gasteiger partial charge is 0.354 e. The molecule has 1 N–H and O–H groups in total. The van der Waals surface area contributed by atoms with Gasteiger partial charge in [0, 0.05) is 12.5 Å². The first-order valence-corrected chi connectivity index (χ1v) is 5.76. The second kappa shape index (κ2) is 6.33. The molecule has 17 heavy (non-hydrogen) atoms. The fourth-order valence-electron chi connectivity index (χ4n) is 1.40. The van der Waals surface area contributed by atoms with E-state index in [0.29, 0.717) is 12.0 Å². The van der Waals surface area contributed by atoms with Crippen LogP contribution in [0, 0.1) is 11.6 Å². The highest BCUT2D eigenvalue weighted by Gasteiger charge is 2.07. The highest BCUT2D eigenvalue weighted by molar-refractivity contribution is 5.76. The third-order valence-electron chi connectivity index (χ3n) is 2.64. The molecule has 0 saturated heterocycles. The van der Waals surface area contributed by atoms with Gasteiger partial charge >= 0.3 is 0 Å². The lowest BCUT2D eigenvalue weighted by Gasteiger charge is -2.11. The van der Waals surface area contributed by atoms with E-state index in [2.05, 4.69) is 5.32 Å². The summed E-state index contributed by atoms with van der Waals surface area (Å²) in [7, 11) is 0. The van der Waals surface area contributed by atoms with Crippen LogP contribution >= 0.6 is 0 Å². The number of amides is 1. The number of carbonyl (C=O) groups is 1. The molecule has 2 nitrogen and oxygen atoms in total. The number of nitrogens with one attached hydrogen (secondary N) is 1.